The second kappa shape index (κ2) is 16.3. The van der Waals surface area contributed by atoms with Crippen LogP contribution in [0, 0.1) is 0 Å². The van der Waals surface area contributed by atoms with Crippen LogP contribution in [-0.2, 0) is 19.1 Å². The molecule has 0 amide bonds. The maximum atomic E-state index is 11.3. The second-order valence-corrected chi connectivity index (χ2v) is 9.37. The summed E-state index contributed by atoms with van der Waals surface area (Å²) in [5, 5.41) is 0. The zero-order chi connectivity index (χ0) is 18.2. The van der Waals surface area contributed by atoms with Gasteiger partial charge in [0.05, 0.1) is 0 Å². The lowest BCUT2D eigenvalue weighted by Crippen LogP contribution is -2.17. The van der Waals surface area contributed by atoms with E-state index in [1.54, 1.807) is 47.0 Å². The third kappa shape index (κ3) is 13.1. The van der Waals surface area contributed by atoms with Crippen molar-refractivity contribution in [3.05, 3.63) is 25.3 Å². The summed E-state index contributed by atoms with van der Waals surface area (Å²) in [5.74, 6) is 4.48. The van der Waals surface area contributed by atoms with Crippen molar-refractivity contribution in [2.75, 3.05) is 34.5 Å². The van der Waals surface area contributed by atoms with Gasteiger partial charge in [-0.2, -0.15) is 23.5 Å². The van der Waals surface area contributed by atoms with Crippen molar-refractivity contribution in [1.82, 2.24) is 0 Å². The lowest BCUT2D eigenvalue weighted by atomic mass is 10.6. The fraction of sp³-hybridized carbons (Fsp3) is 0.625. The molecule has 138 valence electrons. The maximum absolute atomic E-state index is 11.3. The van der Waals surface area contributed by atoms with Crippen LogP contribution < -0.4 is 0 Å². The van der Waals surface area contributed by atoms with Crippen LogP contribution in [0.1, 0.15) is 13.8 Å². The summed E-state index contributed by atoms with van der Waals surface area (Å²) in [4.78, 5) is 22.5. The molecule has 0 aromatic heterocycles. The van der Waals surface area contributed by atoms with Gasteiger partial charge >= 0.3 is 11.9 Å². The van der Waals surface area contributed by atoms with Gasteiger partial charge in [0.15, 0.2) is 10.9 Å². The number of carbonyl (C=O) groups is 2. The van der Waals surface area contributed by atoms with E-state index in [1.165, 1.54) is 12.2 Å². The van der Waals surface area contributed by atoms with Crippen LogP contribution in [0.25, 0.3) is 0 Å². The molecule has 0 aliphatic rings. The number of ether oxygens (including phenoxy) is 2. The van der Waals surface area contributed by atoms with Crippen molar-refractivity contribution >= 4 is 59.0 Å². The standard InChI is InChI=1S/C16H26O4S4/c1-5-13(17)19-15(23-7-3)11-21-9-10-22-12-16(24-8-4)20-14(18)6-2/h5-6,15-16H,1-2,7-12H2,3-4H3. The number of hydrogen-bond donors (Lipinski definition) is 0. The monoisotopic (exact) mass is 410 g/mol. The van der Waals surface area contributed by atoms with E-state index in [0.717, 1.165) is 34.5 Å². The third-order valence-electron chi connectivity index (χ3n) is 2.41. The molecule has 8 heteroatoms. The molecule has 0 radical (unpaired) electrons. The van der Waals surface area contributed by atoms with Crippen molar-refractivity contribution < 1.29 is 19.1 Å². The molecular weight excluding hydrogens is 384 g/mol. The zero-order valence-electron chi connectivity index (χ0n) is 14.2. The molecule has 0 saturated heterocycles. The smallest absolute Gasteiger partial charge is 0.331 e. The van der Waals surface area contributed by atoms with Gasteiger partial charge in [-0.1, -0.05) is 27.0 Å². The molecule has 0 aliphatic carbocycles. The van der Waals surface area contributed by atoms with Gasteiger partial charge in [-0.05, 0) is 11.5 Å². The molecule has 0 aromatic rings. The molecule has 4 nitrogen and oxygen atoms in total. The number of esters is 2. The molecule has 0 spiro atoms. The lowest BCUT2D eigenvalue weighted by Gasteiger charge is -2.16. The Kier molecular flexibility index (Phi) is 16.2. The number of hydrogen-bond acceptors (Lipinski definition) is 8. The highest BCUT2D eigenvalue weighted by Gasteiger charge is 2.14. The Morgan fingerprint density at radius 1 is 0.875 bits per heavy atom. The van der Waals surface area contributed by atoms with Gasteiger partial charge in [0.25, 0.3) is 0 Å². The van der Waals surface area contributed by atoms with E-state index in [9.17, 15) is 9.59 Å². The molecule has 24 heavy (non-hydrogen) atoms. The topological polar surface area (TPSA) is 52.6 Å². The van der Waals surface area contributed by atoms with Crippen LogP contribution in [0.5, 0.6) is 0 Å². The third-order valence-corrected chi connectivity index (χ3v) is 7.09. The first kappa shape index (κ1) is 23.8. The van der Waals surface area contributed by atoms with Gasteiger partial charge in [0, 0.05) is 35.2 Å². The molecule has 0 aromatic carbocycles. The van der Waals surface area contributed by atoms with Gasteiger partial charge in [0.1, 0.15) is 0 Å². The Bertz CT molecular complexity index is 354. The van der Waals surface area contributed by atoms with Crippen molar-refractivity contribution in [3.8, 4) is 0 Å². The fourth-order valence-electron chi connectivity index (χ4n) is 1.44. The van der Waals surface area contributed by atoms with E-state index in [4.69, 9.17) is 9.47 Å². The first-order valence-electron chi connectivity index (χ1n) is 7.62. The van der Waals surface area contributed by atoms with Crippen LogP contribution >= 0.6 is 47.0 Å². The summed E-state index contributed by atoms with van der Waals surface area (Å²) in [6, 6.07) is 0. The number of rotatable bonds is 15. The fourth-order valence-corrected chi connectivity index (χ4v) is 5.65. The predicted octanol–water partition coefficient (Wildman–Crippen LogP) is 4.07. The minimum Gasteiger partial charge on any atom is -0.447 e. The first-order chi connectivity index (χ1) is 11.6. The molecule has 0 heterocycles. The summed E-state index contributed by atoms with van der Waals surface area (Å²) < 4.78 is 10.6. The highest BCUT2D eigenvalue weighted by Crippen LogP contribution is 2.21. The average molecular weight is 411 g/mol. The highest BCUT2D eigenvalue weighted by molar-refractivity contribution is 8.05. The van der Waals surface area contributed by atoms with E-state index in [-0.39, 0.29) is 22.8 Å². The molecular formula is C16H26O4S4. The van der Waals surface area contributed by atoms with Crippen LogP contribution in [0.3, 0.4) is 0 Å². The molecule has 0 N–H and O–H groups in total. The molecule has 0 saturated carbocycles. The van der Waals surface area contributed by atoms with Crippen molar-refractivity contribution in [2.24, 2.45) is 0 Å². The summed E-state index contributed by atoms with van der Waals surface area (Å²) in [7, 11) is 0. The largest absolute Gasteiger partial charge is 0.447 e. The molecule has 0 aliphatic heterocycles. The predicted molar refractivity (Wildman–Crippen MR) is 111 cm³/mol. The van der Waals surface area contributed by atoms with Crippen LogP contribution in [-0.4, -0.2) is 57.3 Å². The molecule has 0 fully saturated rings. The number of carbonyl (C=O) groups excluding carboxylic acids is 2. The average Bonchev–Trinajstić information content (AvgIpc) is 2.57. The van der Waals surface area contributed by atoms with Crippen molar-refractivity contribution in [1.29, 1.82) is 0 Å². The summed E-state index contributed by atoms with van der Waals surface area (Å²) >= 11 is 6.74. The Morgan fingerprint density at radius 2 is 1.25 bits per heavy atom. The van der Waals surface area contributed by atoms with E-state index in [1.807, 2.05) is 13.8 Å². The van der Waals surface area contributed by atoms with E-state index in [0.29, 0.717) is 0 Å². The van der Waals surface area contributed by atoms with Gasteiger partial charge in [-0.25, -0.2) is 9.59 Å². The van der Waals surface area contributed by atoms with Crippen molar-refractivity contribution in [2.45, 2.75) is 24.7 Å². The van der Waals surface area contributed by atoms with Crippen LogP contribution in [0.15, 0.2) is 25.3 Å². The SMILES string of the molecule is C=CC(=O)OC(CSCCSCC(OC(=O)C=C)SCC)SCC. The number of thioether (sulfide) groups is 4. The van der Waals surface area contributed by atoms with Gasteiger partial charge in [0.2, 0.25) is 0 Å². The molecule has 2 atom stereocenters. The second-order valence-electron chi connectivity index (χ2n) is 4.20. The van der Waals surface area contributed by atoms with Crippen molar-refractivity contribution in [3.63, 3.8) is 0 Å². The summed E-state index contributed by atoms with van der Waals surface area (Å²) in [6.45, 7) is 10.9. The van der Waals surface area contributed by atoms with Crippen LogP contribution in [0.2, 0.25) is 0 Å². The maximum Gasteiger partial charge on any atom is 0.331 e. The van der Waals surface area contributed by atoms with Crippen LogP contribution in [0.4, 0.5) is 0 Å². The van der Waals surface area contributed by atoms with E-state index >= 15 is 0 Å². The normalized spacial score (nSPS) is 12.9. The van der Waals surface area contributed by atoms with E-state index in [2.05, 4.69) is 13.2 Å². The summed E-state index contributed by atoms with van der Waals surface area (Å²) in [6.07, 6.45) is 2.39. The van der Waals surface area contributed by atoms with E-state index < -0.39 is 0 Å². The van der Waals surface area contributed by atoms with Gasteiger partial charge < -0.3 is 9.47 Å². The highest BCUT2D eigenvalue weighted by atomic mass is 32.2. The molecule has 2 unspecified atom stereocenters. The lowest BCUT2D eigenvalue weighted by molar-refractivity contribution is -0.139. The Morgan fingerprint density at radius 3 is 1.54 bits per heavy atom. The Balaban J connectivity index is 3.91. The quantitative estimate of drug-likeness (QED) is 0.173. The first-order valence-corrected chi connectivity index (χ1v) is 12.0. The zero-order valence-corrected chi connectivity index (χ0v) is 17.5. The van der Waals surface area contributed by atoms with Gasteiger partial charge in [-0.15, -0.1) is 23.5 Å². The Hall–Kier alpha value is -0.180. The van der Waals surface area contributed by atoms with Gasteiger partial charge in [-0.3, -0.25) is 0 Å². The minimum absolute atomic E-state index is 0.132. The minimum atomic E-state index is -0.376. The molecule has 0 bridgehead atoms. The summed E-state index contributed by atoms with van der Waals surface area (Å²) in [5.41, 5.74) is -0.264. The Labute approximate surface area is 162 Å². The molecule has 0 rings (SSSR count).